The van der Waals surface area contributed by atoms with E-state index in [1.54, 1.807) is 0 Å². The summed E-state index contributed by atoms with van der Waals surface area (Å²) in [5.74, 6) is 0. The van der Waals surface area contributed by atoms with Crippen molar-refractivity contribution in [3.05, 3.63) is 30.3 Å². The normalized spacial score (nSPS) is 9.12. The SMILES string of the molecule is Br[Se]c1[c]cccc1. The summed E-state index contributed by atoms with van der Waals surface area (Å²) in [5.41, 5.74) is 0. The van der Waals surface area contributed by atoms with E-state index in [0.29, 0.717) is 13.1 Å². The minimum absolute atomic E-state index is 0.425. The monoisotopic (exact) mass is 235 g/mol. The van der Waals surface area contributed by atoms with E-state index in [-0.39, 0.29) is 0 Å². The van der Waals surface area contributed by atoms with Gasteiger partial charge < -0.3 is 0 Å². The average Bonchev–Trinajstić information content (AvgIpc) is 1.90. The fraction of sp³-hybridized carbons (Fsp3) is 0. The molecule has 0 saturated carbocycles. The molecule has 0 aliphatic heterocycles. The van der Waals surface area contributed by atoms with Gasteiger partial charge >= 0.3 is 62.1 Å². The van der Waals surface area contributed by atoms with Gasteiger partial charge in [-0.15, -0.1) is 0 Å². The molecule has 1 rings (SSSR count). The topological polar surface area (TPSA) is 0 Å². The second kappa shape index (κ2) is 3.29. The summed E-state index contributed by atoms with van der Waals surface area (Å²) in [6.07, 6.45) is 0. The van der Waals surface area contributed by atoms with Gasteiger partial charge in [-0.25, -0.2) is 0 Å². The van der Waals surface area contributed by atoms with E-state index in [2.05, 4.69) is 26.2 Å². The Bertz CT molecular complexity index is 150. The van der Waals surface area contributed by atoms with Crippen LogP contribution < -0.4 is 4.46 Å². The second-order valence-corrected chi connectivity index (χ2v) is 4.23. The standard InChI is InChI=1S/C6H4BrSe/c7-8-6-4-2-1-3-5-6/h1-4H. The number of halogens is 1. The molecule has 0 unspecified atom stereocenters. The van der Waals surface area contributed by atoms with Gasteiger partial charge in [0.15, 0.2) is 0 Å². The van der Waals surface area contributed by atoms with Gasteiger partial charge in [0.05, 0.1) is 0 Å². The first kappa shape index (κ1) is 6.34. The quantitative estimate of drug-likeness (QED) is 0.640. The summed E-state index contributed by atoms with van der Waals surface area (Å²) in [7, 11) is 0. The van der Waals surface area contributed by atoms with Crippen molar-refractivity contribution in [2.75, 3.05) is 0 Å². The molecule has 41 valence electrons. The van der Waals surface area contributed by atoms with Gasteiger partial charge in [-0.2, -0.15) is 0 Å². The van der Waals surface area contributed by atoms with Crippen molar-refractivity contribution in [2.45, 2.75) is 0 Å². The van der Waals surface area contributed by atoms with Gasteiger partial charge in [-0.05, 0) is 0 Å². The first-order chi connectivity index (χ1) is 3.93. The van der Waals surface area contributed by atoms with Gasteiger partial charge in [0.1, 0.15) is 0 Å². The number of hydrogen-bond acceptors (Lipinski definition) is 0. The molecule has 1 aromatic rings. The van der Waals surface area contributed by atoms with Crippen LogP contribution in [-0.2, 0) is 0 Å². The number of benzene rings is 1. The number of rotatable bonds is 1. The van der Waals surface area contributed by atoms with Crippen molar-refractivity contribution in [1.29, 1.82) is 0 Å². The molecule has 0 aliphatic rings. The van der Waals surface area contributed by atoms with E-state index < -0.39 is 0 Å². The van der Waals surface area contributed by atoms with E-state index in [1.807, 2.05) is 18.2 Å². The zero-order chi connectivity index (χ0) is 5.82. The van der Waals surface area contributed by atoms with Gasteiger partial charge in [-0.1, -0.05) is 0 Å². The Morgan fingerprint density at radius 2 is 2.38 bits per heavy atom. The summed E-state index contributed by atoms with van der Waals surface area (Å²) in [4.78, 5) is 0. The fourth-order valence-electron chi connectivity index (χ4n) is 0.425. The van der Waals surface area contributed by atoms with Crippen molar-refractivity contribution in [1.82, 2.24) is 0 Å². The van der Waals surface area contributed by atoms with Crippen LogP contribution in [0.5, 0.6) is 0 Å². The minimum atomic E-state index is 0.425. The fourth-order valence-corrected chi connectivity index (χ4v) is 1.98. The summed E-state index contributed by atoms with van der Waals surface area (Å²) in [6.45, 7) is 0. The number of hydrogen-bond donors (Lipinski definition) is 0. The van der Waals surface area contributed by atoms with E-state index in [1.165, 1.54) is 4.46 Å². The summed E-state index contributed by atoms with van der Waals surface area (Å²) < 4.78 is 1.26. The van der Waals surface area contributed by atoms with E-state index >= 15 is 0 Å². The summed E-state index contributed by atoms with van der Waals surface area (Å²) in [5, 5.41) is 0. The Morgan fingerprint density at radius 1 is 1.50 bits per heavy atom. The maximum absolute atomic E-state index is 3.39. The van der Waals surface area contributed by atoms with Crippen molar-refractivity contribution in [3.63, 3.8) is 0 Å². The summed E-state index contributed by atoms with van der Waals surface area (Å²) in [6, 6.07) is 11.1. The molecule has 1 radical (unpaired) electrons. The van der Waals surface area contributed by atoms with Crippen molar-refractivity contribution >= 4 is 31.7 Å². The van der Waals surface area contributed by atoms with Crippen LogP contribution in [0.4, 0.5) is 0 Å². The van der Waals surface area contributed by atoms with Gasteiger partial charge in [0, 0.05) is 0 Å². The molecule has 0 atom stereocenters. The van der Waals surface area contributed by atoms with Crippen LogP contribution in [0, 0.1) is 6.07 Å². The Labute approximate surface area is 62.1 Å². The third kappa shape index (κ3) is 1.62. The Kier molecular flexibility index (Phi) is 2.60. The molecule has 8 heavy (non-hydrogen) atoms. The summed E-state index contributed by atoms with van der Waals surface area (Å²) >= 11 is 3.81. The predicted molar refractivity (Wildman–Crippen MR) is 39.6 cm³/mol. The third-order valence-electron chi connectivity index (χ3n) is 0.764. The Morgan fingerprint density at radius 3 is 2.75 bits per heavy atom. The third-order valence-corrected chi connectivity index (χ3v) is 3.46. The van der Waals surface area contributed by atoms with Gasteiger partial charge in [0.2, 0.25) is 0 Å². The second-order valence-electron chi connectivity index (χ2n) is 1.30. The van der Waals surface area contributed by atoms with Crippen LogP contribution in [0.2, 0.25) is 0 Å². The van der Waals surface area contributed by atoms with E-state index in [4.69, 9.17) is 0 Å². The van der Waals surface area contributed by atoms with Crippen LogP contribution in [0.15, 0.2) is 24.3 Å². The molecule has 0 fully saturated rings. The maximum atomic E-state index is 3.39. The first-order valence-corrected chi connectivity index (χ1v) is 7.05. The predicted octanol–water partition coefficient (Wildman–Crippen LogP) is 1.13. The zero-order valence-electron chi connectivity index (χ0n) is 4.10. The van der Waals surface area contributed by atoms with Crippen LogP contribution in [0.25, 0.3) is 0 Å². The van der Waals surface area contributed by atoms with Crippen LogP contribution in [0.1, 0.15) is 0 Å². The molecule has 0 heterocycles. The van der Waals surface area contributed by atoms with E-state index in [0.717, 1.165) is 0 Å². The van der Waals surface area contributed by atoms with Crippen molar-refractivity contribution in [3.8, 4) is 0 Å². The average molecular weight is 235 g/mol. The first-order valence-electron chi connectivity index (χ1n) is 2.19. The Balaban J connectivity index is 2.83. The molecule has 0 spiro atoms. The molecule has 0 aliphatic carbocycles. The van der Waals surface area contributed by atoms with E-state index in [9.17, 15) is 0 Å². The van der Waals surface area contributed by atoms with Crippen LogP contribution in [0.3, 0.4) is 0 Å². The molecule has 0 saturated heterocycles. The molecule has 1 aromatic carbocycles. The zero-order valence-corrected chi connectivity index (χ0v) is 7.39. The molecule has 2 heteroatoms. The van der Waals surface area contributed by atoms with Gasteiger partial charge in [0.25, 0.3) is 0 Å². The molecule has 0 bridgehead atoms. The van der Waals surface area contributed by atoms with Crippen LogP contribution >= 0.6 is 14.1 Å². The molecule has 0 amide bonds. The van der Waals surface area contributed by atoms with Crippen LogP contribution in [-0.4, -0.2) is 13.1 Å². The molecular weight excluding hydrogens is 231 g/mol. The molecular formula is C6H4BrSe. The van der Waals surface area contributed by atoms with Gasteiger partial charge in [-0.3, -0.25) is 0 Å². The van der Waals surface area contributed by atoms with Crippen molar-refractivity contribution < 1.29 is 0 Å². The molecule has 0 nitrogen and oxygen atoms in total. The molecule has 0 N–H and O–H groups in total. The van der Waals surface area contributed by atoms with Crippen molar-refractivity contribution in [2.24, 2.45) is 0 Å². The molecule has 0 aromatic heterocycles. The Hall–Kier alpha value is 0.219.